The molecule has 1 rings (SSSR count). The molecule has 84 valence electrons. The summed E-state index contributed by atoms with van der Waals surface area (Å²) < 4.78 is 0. The zero-order chi connectivity index (χ0) is 10.6. The van der Waals surface area contributed by atoms with E-state index in [9.17, 15) is 5.11 Å². The minimum absolute atomic E-state index is 0.110. The molecule has 0 aromatic rings. The molecule has 0 bridgehead atoms. The zero-order valence-electron chi connectivity index (χ0n) is 9.87. The maximum atomic E-state index is 9.47. The van der Waals surface area contributed by atoms with Crippen molar-refractivity contribution in [2.45, 2.75) is 46.1 Å². The van der Waals surface area contributed by atoms with E-state index >= 15 is 0 Å². The second-order valence-electron chi connectivity index (χ2n) is 4.89. The van der Waals surface area contributed by atoms with Gasteiger partial charge in [0.05, 0.1) is 6.10 Å². The number of aliphatic hydroxyl groups excluding tert-OH is 1. The molecule has 2 heteroatoms. The maximum absolute atomic E-state index is 9.47. The standard InChI is InChI=1S/C12H25NO/c1-4-10(2)9-13-7-5-12(6-8-13)11(3)14/h10-12,14H,4-9H2,1-3H3. The lowest BCUT2D eigenvalue weighted by Crippen LogP contribution is -2.39. The molecule has 2 nitrogen and oxygen atoms in total. The SMILES string of the molecule is CCC(C)CN1CCC(C(C)O)CC1. The van der Waals surface area contributed by atoms with Crippen molar-refractivity contribution in [1.29, 1.82) is 0 Å². The van der Waals surface area contributed by atoms with E-state index in [0.29, 0.717) is 5.92 Å². The van der Waals surface area contributed by atoms with E-state index in [1.807, 2.05) is 6.92 Å². The van der Waals surface area contributed by atoms with Crippen LogP contribution in [0.25, 0.3) is 0 Å². The quantitative estimate of drug-likeness (QED) is 0.749. The van der Waals surface area contributed by atoms with Gasteiger partial charge >= 0.3 is 0 Å². The molecule has 1 aliphatic heterocycles. The molecule has 0 aromatic heterocycles. The van der Waals surface area contributed by atoms with Gasteiger partial charge < -0.3 is 10.0 Å². The molecule has 1 N–H and O–H groups in total. The molecule has 1 saturated heterocycles. The van der Waals surface area contributed by atoms with Gasteiger partial charge in [0.15, 0.2) is 0 Å². The summed E-state index contributed by atoms with van der Waals surface area (Å²) in [7, 11) is 0. The second-order valence-corrected chi connectivity index (χ2v) is 4.89. The van der Waals surface area contributed by atoms with Crippen LogP contribution in [0.5, 0.6) is 0 Å². The molecule has 2 unspecified atom stereocenters. The molecule has 2 atom stereocenters. The molecule has 1 aliphatic rings. The van der Waals surface area contributed by atoms with E-state index in [1.165, 1.54) is 38.9 Å². The van der Waals surface area contributed by atoms with Gasteiger partial charge in [-0.25, -0.2) is 0 Å². The highest BCUT2D eigenvalue weighted by Crippen LogP contribution is 2.21. The smallest absolute Gasteiger partial charge is 0.0541 e. The number of aliphatic hydroxyl groups is 1. The largest absolute Gasteiger partial charge is 0.393 e. The highest BCUT2D eigenvalue weighted by Gasteiger charge is 2.22. The van der Waals surface area contributed by atoms with E-state index < -0.39 is 0 Å². The van der Waals surface area contributed by atoms with Crippen molar-refractivity contribution in [2.75, 3.05) is 19.6 Å². The average molecular weight is 199 g/mol. The molecule has 0 amide bonds. The third-order valence-electron chi connectivity index (χ3n) is 3.58. The first kappa shape index (κ1) is 12.0. The van der Waals surface area contributed by atoms with Crippen LogP contribution >= 0.6 is 0 Å². The molecule has 14 heavy (non-hydrogen) atoms. The molecule has 0 saturated carbocycles. The van der Waals surface area contributed by atoms with Crippen molar-refractivity contribution in [3.63, 3.8) is 0 Å². The summed E-state index contributed by atoms with van der Waals surface area (Å²) in [5.41, 5.74) is 0. The normalized spacial score (nSPS) is 24.9. The Morgan fingerprint density at radius 1 is 1.29 bits per heavy atom. The Morgan fingerprint density at radius 2 is 1.86 bits per heavy atom. The third-order valence-corrected chi connectivity index (χ3v) is 3.58. The Bertz CT molecular complexity index is 150. The molecule has 1 heterocycles. The molecule has 0 aromatic carbocycles. The van der Waals surface area contributed by atoms with Gasteiger partial charge in [-0.1, -0.05) is 20.3 Å². The Morgan fingerprint density at radius 3 is 2.29 bits per heavy atom. The Labute approximate surface area is 88.3 Å². The Balaban J connectivity index is 2.22. The minimum atomic E-state index is -0.110. The third kappa shape index (κ3) is 3.58. The lowest BCUT2D eigenvalue weighted by Gasteiger charge is -2.34. The second kappa shape index (κ2) is 5.72. The van der Waals surface area contributed by atoms with Crippen LogP contribution in [-0.4, -0.2) is 35.7 Å². The van der Waals surface area contributed by atoms with Gasteiger partial charge in [-0.05, 0) is 44.7 Å². The van der Waals surface area contributed by atoms with E-state index in [0.717, 1.165) is 5.92 Å². The Hall–Kier alpha value is -0.0800. The highest BCUT2D eigenvalue weighted by molar-refractivity contribution is 4.76. The summed E-state index contributed by atoms with van der Waals surface area (Å²) in [4.78, 5) is 2.55. The van der Waals surface area contributed by atoms with Crippen LogP contribution in [0.4, 0.5) is 0 Å². The fourth-order valence-electron chi connectivity index (χ4n) is 2.19. The van der Waals surface area contributed by atoms with E-state index in [1.54, 1.807) is 0 Å². The minimum Gasteiger partial charge on any atom is -0.393 e. The van der Waals surface area contributed by atoms with Crippen LogP contribution < -0.4 is 0 Å². The van der Waals surface area contributed by atoms with Crippen LogP contribution in [0, 0.1) is 11.8 Å². The van der Waals surface area contributed by atoms with Crippen molar-refractivity contribution in [3.05, 3.63) is 0 Å². The highest BCUT2D eigenvalue weighted by atomic mass is 16.3. The number of nitrogens with zero attached hydrogens (tertiary/aromatic N) is 1. The predicted octanol–water partition coefficient (Wildman–Crippen LogP) is 2.13. The van der Waals surface area contributed by atoms with Crippen LogP contribution in [0.1, 0.15) is 40.0 Å². The molecule has 1 fully saturated rings. The van der Waals surface area contributed by atoms with E-state index in [2.05, 4.69) is 18.7 Å². The first-order chi connectivity index (χ1) is 6.63. The first-order valence-electron chi connectivity index (χ1n) is 6.04. The van der Waals surface area contributed by atoms with Gasteiger partial charge in [0.2, 0.25) is 0 Å². The topological polar surface area (TPSA) is 23.5 Å². The summed E-state index contributed by atoms with van der Waals surface area (Å²) in [6.45, 7) is 10.1. The number of piperidine rings is 1. The average Bonchev–Trinajstić information content (AvgIpc) is 2.18. The Kier molecular flexibility index (Phi) is 4.90. The number of likely N-dealkylation sites (tertiary alicyclic amines) is 1. The fraction of sp³-hybridized carbons (Fsp3) is 1.00. The van der Waals surface area contributed by atoms with Crippen molar-refractivity contribution < 1.29 is 5.11 Å². The number of hydrogen-bond donors (Lipinski definition) is 1. The lowest BCUT2D eigenvalue weighted by molar-refractivity contribution is 0.0672. The van der Waals surface area contributed by atoms with Crippen LogP contribution in [0.2, 0.25) is 0 Å². The number of rotatable bonds is 4. The fourth-order valence-corrected chi connectivity index (χ4v) is 2.19. The van der Waals surface area contributed by atoms with Crippen molar-refractivity contribution >= 4 is 0 Å². The monoisotopic (exact) mass is 199 g/mol. The number of hydrogen-bond acceptors (Lipinski definition) is 2. The van der Waals surface area contributed by atoms with E-state index in [-0.39, 0.29) is 6.10 Å². The van der Waals surface area contributed by atoms with Crippen molar-refractivity contribution in [2.24, 2.45) is 11.8 Å². The summed E-state index contributed by atoms with van der Waals surface area (Å²) in [6.07, 6.45) is 3.51. The van der Waals surface area contributed by atoms with Gasteiger partial charge in [0, 0.05) is 6.54 Å². The lowest BCUT2D eigenvalue weighted by atomic mass is 9.91. The van der Waals surface area contributed by atoms with Gasteiger partial charge in [-0.3, -0.25) is 0 Å². The predicted molar refractivity (Wildman–Crippen MR) is 60.3 cm³/mol. The molecular formula is C12H25NO. The summed E-state index contributed by atoms with van der Waals surface area (Å²) in [5, 5.41) is 9.47. The van der Waals surface area contributed by atoms with Gasteiger partial charge in [-0.15, -0.1) is 0 Å². The first-order valence-corrected chi connectivity index (χ1v) is 6.04. The van der Waals surface area contributed by atoms with Crippen molar-refractivity contribution in [1.82, 2.24) is 4.90 Å². The maximum Gasteiger partial charge on any atom is 0.0541 e. The molecule has 0 aliphatic carbocycles. The summed E-state index contributed by atoms with van der Waals surface area (Å²) >= 11 is 0. The zero-order valence-corrected chi connectivity index (χ0v) is 9.87. The van der Waals surface area contributed by atoms with E-state index in [4.69, 9.17) is 0 Å². The van der Waals surface area contributed by atoms with Crippen LogP contribution in [-0.2, 0) is 0 Å². The van der Waals surface area contributed by atoms with Crippen LogP contribution in [0.15, 0.2) is 0 Å². The molecular weight excluding hydrogens is 174 g/mol. The van der Waals surface area contributed by atoms with Gasteiger partial charge in [-0.2, -0.15) is 0 Å². The molecule has 0 radical (unpaired) electrons. The molecule has 0 spiro atoms. The van der Waals surface area contributed by atoms with Crippen molar-refractivity contribution in [3.8, 4) is 0 Å². The van der Waals surface area contributed by atoms with Gasteiger partial charge in [0.1, 0.15) is 0 Å². The summed E-state index contributed by atoms with van der Waals surface area (Å²) in [6, 6.07) is 0. The summed E-state index contributed by atoms with van der Waals surface area (Å²) in [5.74, 6) is 1.36. The van der Waals surface area contributed by atoms with Gasteiger partial charge in [0.25, 0.3) is 0 Å². The van der Waals surface area contributed by atoms with Crippen LogP contribution in [0.3, 0.4) is 0 Å².